The van der Waals surface area contributed by atoms with Crippen LogP contribution < -0.4 is 10.3 Å². The lowest BCUT2D eigenvalue weighted by molar-refractivity contribution is -0.119. The van der Waals surface area contributed by atoms with Gasteiger partial charge < -0.3 is 10.4 Å². The van der Waals surface area contributed by atoms with E-state index in [1.54, 1.807) is 37.3 Å². The van der Waals surface area contributed by atoms with Crippen molar-refractivity contribution in [2.45, 2.75) is 13.1 Å². The number of halogens is 3. The van der Waals surface area contributed by atoms with Crippen LogP contribution in [0.1, 0.15) is 5.56 Å². The lowest BCUT2D eigenvalue weighted by Crippen LogP contribution is -2.36. The third kappa shape index (κ3) is 3.50. The fraction of sp³-hybridized carbons (Fsp3) is 0.150. The van der Waals surface area contributed by atoms with Gasteiger partial charge in [-0.05, 0) is 36.8 Å². The number of anilines is 2. The molecule has 2 N–H and O–H groups in total. The molecule has 0 radical (unpaired) electrons. The summed E-state index contributed by atoms with van der Waals surface area (Å²) in [4.78, 5) is 17.2. The van der Waals surface area contributed by atoms with Crippen LogP contribution in [-0.4, -0.2) is 27.9 Å². The zero-order chi connectivity index (χ0) is 21.6. The van der Waals surface area contributed by atoms with Crippen molar-refractivity contribution >= 4 is 44.0 Å². The molecule has 2 heterocycles. The molecule has 0 bridgehead atoms. The van der Waals surface area contributed by atoms with E-state index in [0.717, 1.165) is 16.9 Å². The predicted octanol–water partition coefficient (Wildman–Crippen LogP) is 4.82. The van der Waals surface area contributed by atoms with Gasteiger partial charge in [-0.1, -0.05) is 36.1 Å². The van der Waals surface area contributed by atoms with Gasteiger partial charge in [-0.15, -0.1) is 0 Å². The molecule has 0 saturated carbocycles. The summed E-state index contributed by atoms with van der Waals surface area (Å²) in [5.41, 5.74) is -0.0782. The summed E-state index contributed by atoms with van der Waals surface area (Å²) >= 11 is 1.06. The normalized spacial score (nSPS) is 16.8. The number of carbonyl (C=O) groups is 1. The molecule has 1 amide bonds. The van der Waals surface area contributed by atoms with Gasteiger partial charge in [0.25, 0.3) is 5.91 Å². The Morgan fingerprint density at radius 3 is 2.70 bits per heavy atom. The van der Waals surface area contributed by atoms with Gasteiger partial charge in [0.1, 0.15) is 11.7 Å². The Morgan fingerprint density at radius 1 is 1.27 bits per heavy atom. The van der Waals surface area contributed by atoms with Crippen molar-refractivity contribution in [3.8, 4) is 5.75 Å². The Balaban J connectivity index is 1.70. The molecule has 0 fully saturated rings. The van der Waals surface area contributed by atoms with Crippen LogP contribution in [-0.2, 0) is 4.79 Å². The Kier molecular flexibility index (Phi) is 4.73. The second kappa shape index (κ2) is 7.13. The van der Waals surface area contributed by atoms with Crippen LogP contribution >= 0.6 is 11.3 Å². The molecule has 10 heteroatoms. The van der Waals surface area contributed by atoms with Crippen LogP contribution in [0.25, 0.3) is 10.2 Å². The van der Waals surface area contributed by atoms with Gasteiger partial charge in [0.05, 0.1) is 15.9 Å². The zero-order valence-electron chi connectivity index (χ0n) is 15.6. The number of amides is 1. The SMILES string of the molecule is C=C(Nc1cc(C)ccc1O)C1C(=O)N(c2nc3ccccc3s2)N=C1C(F)(F)F. The molecule has 6 nitrogen and oxygen atoms in total. The van der Waals surface area contributed by atoms with Crippen molar-refractivity contribution in [2.75, 3.05) is 10.3 Å². The number of carbonyl (C=O) groups excluding carboxylic acids is 1. The first-order valence-electron chi connectivity index (χ1n) is 8.76. The lowest BCUT2D eigenvalue weighted by atomic mass is 9.99. The van der Waals surface area contributed by atoms with Crippen LogP contribution in [0.5, 0.6) is 5.75 Å². The molecule has 1 unspecified atom stereocenters. The van der Waals surface area contributed by atoms with Crippen LogP contribution in [0.2, 0.25) is 0 Å². The molecule has 2 aromatic carbocycles. The van der Waals surface area contributed by atoms with E-state index < -0.39 is 23.7 Å². The van der Waals surface area contributed by atoms with E-state index in [-0.39, 0.29) is 22.3 Å². The molecule has 1 aliphatic heterocycles. The third-order valence-electron chi connectivity index (χ3n) is 4.49. The molecule has 0 spiro atoms. The molecule has 0 saturated heterocycles. The van der Waals surface area contributed by atoms with Crippen molar-refractivity contribution in [1.82, 2.24) is 4.98 Å². The standard InChI is InChI=1S/C20H15F3N4O2S/c1-10-7-8-14(28)13(9-10)24-11(2)16-17(20(21,22)23)26-27(18(16)29)19-25-12-5-3-4-6-15(12)30-19/h3-9,16,24,28H,2H2,1H3. The highest BCUT2D eigenvalue weighted by molar-refractivity contribution is 7.22. The average Bonchev–Trinajstić information content (AvgIpc) is 3.25. The van der Waals surface area contributed by atoms with E-state index in [2.05, 4.69) is 22.0 Å². The van der Waals surface area contributed by atoms with Crippen molar-refractivity contribution in [1.29, 1.82) is 0 Å². The van der Waals surface area contributed by atoms with Gasteiger partial charge >= 0.3 is 6.18 Å². The number of phenols is 1. The lowest BCUT2D eigenvalue weighted by Gasteiger charge is -2.19. The predicted molar refractivity (Wildman–Crippen MR) is 110 cm³/mol. The van der Waals surface area contributed by atoms with E-state index >= 15 is 0 Å². The van der Waals surface area contributed by atoms with Crippen molar-refractivity contribution in [2.24, 2.45) is 11.0 Å². The summed E-state index contributed by atoms with van der Waals surface area (Å²) in [5.74, 6) is -2.89. The van der Waals surface area contributed by atoms with Crippen LogP contribution in [0.3, 0.4) is 0 Å². The summed E-state index contributed by atoms with van der Waals surface area (Å²) in [7, 11) is 0. The number of aromatic nitrogens is 1. The molecule has 154 valence electrons. The van der Waals surface area contributed by atoms with Crippen molar-refractivity contribution < 1.29 is 23.1 Å². The number of aryl methyl sites for hydroxylation is 1. The minimum Gasteiger partial charge on any atom is -0.506 e. The van der Waals surface area contributed by atoms with E-state index in [9.17, 15) is 23.1 Å². The van der Waals surface area contributed by atoms with Crippen molar-refractivity contribution in [3.63, 3.8) is 0 Å². The van der Waals surface area contributed by atoms with Gasteiger partial charge in [-0.25, -0.2) is 4.98 Å². The fourth-order valence-electron chi connectivity index (χ4n) is 3.07. The maximum Gasteiger partial charge on any atom is 0.432 e. The summed E-state index contributed by atoms with van der Waals surface area (Å²) in [6, 6.07) is 11.5. The molecular weight excluding hydrogens is 417 g/mol. The summed E-state index contributed by atoms with van der Waals surface area (Å²) in [5, 5.41) is 16.9. The second-order valence-electron chi connectivity index (χ2n) is 6.70. The number of benzene rings is 2. The minimum absolute atomic E-state index is 0.0386. The molecule has 1 aromatic heterocycles. The number of hydrogen-bond acceptors (Lipinski definition) is 6. The number of aromatic hydroxyl groups is 1. The number of alkyl halides is 3. The number of thiazole rings is 1. The number of hydrogen-bond donors (Lipinski definition) is 2. The Hall–Kier alpha value is -3.40. The van der Waals surface area contributed by atoms with Crippen LogP contribution in [0, 0.1) is 12.8 Å². The smallest absolute Gasteiger partial charge is 0.432 e. The summed E-state index contributed by atoms with van der Waals surface area (Å²) in [6.07, 6.45) is -4.86. The minimum atomic E-state index is -4.86. The Labute approximate surface area is 173 Å². The first-order valence-corrected chi connectivity index (χ1v) is 9.57. The van der Waals surface area contributed by atoms with E-state index in [0.29, 0.717) is 15.2 Å². The molecule has 1 atom stereocenters. The van der Waals surface area contributed by atoms with E-state index in [1.165, 1.54) is 12.1 Å². The molecule has 1 aliphatic rings. The van der Waals surface area contributed by atoms with Gasteiger partial charge in [-0.2, -0.15) is 23.3 Å². The zero-order valence-corrected chi connectivity index (χ0v) is 16.4. The molecule has 0 aliphatic carbocycles. The van der Waals surface area contributed by atoms with E-state index in [4.69, 9.17) is 0 Å². The highest BCUT2D eigenvalue weighted by Gasteiger charge is 2.52. The van der Waals surface area contributed by atoms with Crippen LogP contribution in [0.4, 0.5) is 24.0 Å². The molecule has 30 heavy (non-hydrogen) atoms. The van der Waals surface area contributed by atoms with Crippen molar-refractivity contribution in [3.05, 3.63) is 60.3 Å². The summed E-state index contributed by atoms with van der Waals surface area (Å²) < 4.78 is 41.7. The quantitative estimate of drug-likeness (QED) is 0.580. The maximum absolute atomic E-state index is 13.7. The third-order valence-corrected chi connectivity index (χ3v) is 5.50. The summed E-state index contributed by atoms with van der Waals surface area (Å²) in [6.45, 7) is 5.38. The fourth-order valence-corrected chi connectivity index (χ4v) is 3.99. The highest BCUT2D eigenvalue weighted by atomic mass is 32.1. The number of nitrogens with zero attached hydrogens (tertiary/aromatic N) is 3. The Bertz CT molecular complexity index is 1170. The van der Waals surface area contributed by atoms with Gasteiger partial charge in [0.2, 0.25) is 5.13 Å². The van der Waals surface area contributed by atoms with Gasteiger partial charge in [-0.3, -0.25) is 4.79 Å². The average molecular weight is 432 g/mol. The van der Waals surface area contributed by atoms with Gasteiger partial charge in [0, 0.05) is 5.70 Å². The number of para-hydroxylation sites is 1. The second-order valence-corrected chi connectivity index (χ2v) is 7.71. The Morgan fingerprint density at radius 2 is 2.00 bits per heavy atom. The number of nitrogens with one attached hydrogen (secondary N) is 1. The topological polar surface area (TPSA) is 77.8 Å². The number of rotatable bonds is 4. The number of phenolic OH excluding ortho intramolecular Hbond substituents is 1. The number of fused-ring (bicyclic) bond motifs is 1. The molecule has 3 aromatic rings. The largest absolute Gasteiger partial charge is 0.506 e. The first kappa shape index (κ1) is 19.9. The first-order chi connectivity index (χ1) is 14.1. The van der Waals surface area contributed by atoms with Crippen LogP contribution in [0.15, 0.2) is 59.8 Å². The van der Waals surface area contributed by atoms with E-state index in [1.807, 2.05) is 0 Å². The molecule has 4 rings (SSSR count). The molecular formula is C20H15F3N4O2S. The monoisotopic (exact) mass is 432 g/mol. The maximum atomic E-state index is 13.7. The van der Waals surface area contributed by atoms with Gasteiger partial charge in [0.15, 0.2) is 5.71 Å². The highest BCUT2D eigenvalue weighted by Crippen LogP contribution is 2.38. The number of hydrazone groups is 1.